The fraction of sp³-hybridized carbons (Fsp3) is 0.133. The van der Waals surface area contributed by atoms with E-state index < -0.39 is 6.04 Å². The van der Waals surface area contributed by atoms with Crippen LogP contribution in [0.5, 0.6) is 0 Å². The topological polar surface area (TPSA) is 45.0 Å². The molecule has 1 aliphatic heterocycles. The number of hydrogen-bond acceptors (Lipinski definition) is 4. The van der Waals surface area contributed by atoms with Crippen molar-refractivity contribution < 1.29 is 4.79 Å². The fourth-order valence-corrected chi connectivity index (χ4v) is 2.60. The minimum atomic E-state index is -0.497. The third-order valence-corrected chi connectivity index (χ3v) is 4.07. The van der Waals surface area contributed by atoms with E-state index in [0.717, 1.165) is 5.69 Å². The van der Waals surface area contributed by atoms with Crippen LogP contribution >= 0.6 is 23.2 Å². The number of anilines is 1. The van der Waals surface area contributed by atoms with Crippen molar-refractivity contribution >= 4 is 34.7 Å². The Bertz CT molecular complexity index is 703. The molecule has 0 spiro atoms. The molecule has 1 heterocycles. The molecule has 1 unspecified atom stereocenters. The fourth-order valence-electron chi connectivity index (χ4n) is 2.20. The summed E-state index contributed by atoms with van der Waals surface area (Å²) in [5.74, 6) is -0.142. The van der Waals surface area contributed by atoms with Crippen molar-refractivity contribution in [2.24, 2.45) is 10.3 Å². The lowest BCUT2D eigenvalue weighted by molar-refractivity contribution is 0.0966. The van der Waals surface area contributed by atoms with Gasteiger partial charge in [-0.1, -0.05) is 52.7 Å². The average molecular weight is 320 g/mol. The molecule has 0 aromatic heterocycles. The second-order valence-corrected chi connectivity index (χ2v) is 5.36. The third kappa shape index (κ3) is 2.64. The summed E-state index contributed by atoms with van der Waals surface area (Å²) in [6, 6.07) is 14.0. The molecule has 0 bridgehead atoms. The highest BCUT2D eigenvalue weighted by Crippen LogP contribution is 2.30. The molecule has 0 aliphatic carbocycles. The van der Waals surface area contributed by atoms with E-state index in [-0.39, 0.29) is 10.8 Å². The minimum Gasteiger partial charge on any atom is -0.292 e. The lowest BCUT2D eigenvalue weighted by Gasteiger charge is -2.21. The van der Waals surface area contributed by atoms with Crippen LogP contribution in [0.3, 0.4) is 0 Å². The molecule has 106 valence electrons. The van der Waals surface area contributed by atoms with Crippen LogP contribution in [0.1, 0.15) is 10.4 Å². The van der Waals surface area contributed by atoms with Gasteiger partial charge in [0.1, 0.15) is 6.04 Å². The third-order valence-electron chi connectivity index (χ3n) is 3.25. The van der Waals surface area contributed by atoms with Gasteiger partial charge in [0.2, 0.25) is 0 Å². The standard InChI is InChI=1S/C15H11Cl2N3O/c16-12-8-4-7-11(14(12)17)15(21)13-9-18-19-20(13)10-5-2-1-3-6-10/h1-8,13H,9H2. The zero-order valence-electron chi connectivity index (χ0n) is 10.9. The Kier molecular flexibility index (Phi) is 3.90. The number of nitrogens with zero attached hydrogens (tertiary/aromatic N) is 3. The van der Waals surface area contributed by atoms with Crippen molar-refractivity contribution in [1.82, 2.24) is 0 Å². The van der Waals surface area contributed by atoms with Crippen LogP contribution in [0.4, 0.5) is 5.69 Å². The Balaban J connectivity index is 1.93. The van der Waals surface area contributed by atoms with Crippen LogP contribution in [-0.4, -0.2) is 18.4 Å². The van der Waals surface area contributed by atoms with Gasteiger partial charge in [-0.05, 0) is 24.3 Å². The predicted octanol–water partition coefficient (Wildman–Crippen LogP) is 4.43. The number of halogens is 2. The zero-order valence-corrected chi connectivity index (χ0v) is 12.4. The molecule has 0 N–H and O–H groups in total. The summed E-state index contributed by atoms with van der Waals surface area (Å²) in [4.78, 5) is 12.7. The first-order valence-electron chi connectivity index (χ1n) is 6.38. The van der Waals surface area contributed by atoms with Gasteiger partial charge in [0.15, 0.2) is 5.78 Å². The van der Waals surface area contributed by atoms with Gasteiger partial charge in [0.25, 0.3) is 0 Å². The van der Waals surface area contributed by atoms with Gasteiger partial charge in [-0.15, -0.1) is 0 Å². The molecular weight excluding hydrogens is 309 g/mol. The largest absolute Gasteiger partial charge is 0.292 e. The molecule has 0 amide bonds. The SMILES string of the molecule is O=C(c1cccc(Cl)c1Cl)C1CN=NN1c1ccccc1. The number of benzene rings is 2. The van der Waals surface area contributed by atoms with Crippen LogP contribution in [0.15, 0.2) is 58.9 Å². The Morgan fingerprint density at radius 2 is 1.86 bits per heavy atom. The second-order valence-electron chi connectivity index (χ2n) is 4.57. The predicted molar refractivity (Wildman–Crippen MR) is 83.2 cm³/mol. The molecule has 3 rings (SSSR count). The van der Waals surface area contributed by atoms with Crippen LogP contribution < -0.4 is 5.01 Å². The molecule has 4 nitrogen and oxygen atoms in total. The molecule has 21 heavy (non-hydrogen) atoms. The molecular formula is C15H11Cl2N3O. The number of ketones is 1. The van der Waals surface area contributed by atoms with Gasteiger partial charge in [0, 0.05) is 5.56 Å². The van der Waals surface area contributed by atoms with E-state index >= 15 is 0 Å². The van der Waals surface area contributed by atoms with Crippen LogP contribution in [-0.2, 0) is 0 Å². The molecule has 2 aromatic carbocycles. The first kappa shape index (κ1) is 14.0. The quantitative estimate of drug-likeness (QED) is 0.785. The normalized spacial score (nSPS) is 17.2. The molecule has 0 radical (unpaired) electrons. The number of carbonyl (C=O) groups excluding carboxylic acids is 1. The molecule has 0 saturated carbocycles. The maximum atomic E-state index is 12.7. The summed E-state index contributed by atoms with van der Waals surface area (Å²) >= 11 is 12.1. The zero-order chi connectivity index (χ0) is 14.8. The highest BCUT2D eigenvalue weighted by Gasteiger charge is 2.32. The van der Waals surface area contributed by atoms with E-state index in [4.69, 9.17) is 23.2 Å². The Morgan fingerprint density at radius 3 is 2.62 bits per heavy atom. The number of Topliss-reactive ketones (excluding diaryl/α,β-unsaturated/α-hetero) is 1. The number of carbonyl (C=O) groups is 1. The highest BCUT2D eigenvalue weighted by atomic mass is 35.5. The maximum absolute atomic E-state index is 12.7. The highest BCUT2D eigenvalue weighted by molar-refractivity contribution is 6.44. The molecule has 6 heteroatoms. The number of rotatable bonds is 3. The van der Waals surface area contributed by atoms with E-state index in [0.29, 0.717) is 17.1 Å². The van der Waals surface area contributed by atoms with Crippen molar-refractivity contribution in [3.63, 3.8) is 0 Å². The molecule has 0 saturated heterocycles. The van der Waals surface area contributed by atoms with Crippen LogP contribution in [0, 0.1) is 0 Å². The maximum Gasteiger partial charge on any atom is 0.190 e. The summed E-state index contributed by atoms with van der Waals surface area (Å²) in [7, 11) is 0. The second kappa shape index (κ2) is 5.84. The van der Waals surface area contributed by atoms with Crippen molar-refractivity contribution in [1.29, 1.82) is 0 Å². The van der Waals surface area contributed by atoms with Gasteiger partial charge >= 0.3 is 0 Å². The molecule has 1 aliphatic rings. The van der Waals surface area contributed by atoms with E-state index in [1.54, 1.807) is 23.2 Å². The van der Waals surface area contributed by atoms with Gasteiger partial charge in [-0.3, -0.25) is 4.79 Å². The number of hydrogen-bond donors (Lipinski definition) is 0. The first-order valence-corrected chi connectivity index (χ1v) is 7.14. The summed E-state index contributed by atoms with van der Waals surface area (Å²) in [6.07, 6.45) is 0. The lowest BCUT2D eigenvalue weighted by atomic mass is 10.0. The van der Waals surface area contributed by atoms with E-state index in [1.807, 2.05) is 30.3 Å². The van der Waals surface area contributed by atoms with Gasteiger partial charge in [-0.25, -0.2) is 5.01 Å². The lowest BCUT2D eigenvalue weighted by Crippen LogP contribution is -2.36. The van der Waals surface area contributed by atoms with Crippen LogP contribution in [0.25, 0.3) is 0 Å². The molecule has 2 aromatic rings. The molecule has 1 atom stereocenters. The Labute approximate surface area is 132 Å². The number of para-hydroxylation sites is 1. The average Bonchev–Trinajstić information content (AvgIpc) is 3.00. The van der Waals surface area contributed by atoms with E-state index in [2.05, 4.69) is 10.3 Å². The van der Waals surface area contributed by atoms with E-state index in [1.165, 1.54) is 0 Å². The van der Waals surface area contributed by atoms with Gasteiger partial charge < -0.3 is 0 Å². The van der Waals surface area contributed by atoms with Crippen molar-refractivity contribution in [3.8, 4) is 0 Å². The minimum absolute atomic E-state index is 0.142. The van der Waals surface area contributed by atoms with Gasteiger partial charge in [-0.2, -0.15) is 5.11 Å². The first-order chi connectivity index (χ1) is 10.2. The smallest absolute Gasteiger partial charge is 0.190 e. The van der Waals surface area contributed by atoms with Gasteiger partial charge in [0.05, 0.1) is 22.3 Å². The van der Waals surface area contributed by atoms with E-state index in [9.17, 15) is 4.79 Å². The van der Waals surface area contributed by atoms with Crippen molar-refractivity contribution in [2.75, 3.05) is 11.6 Å². The summed E-state index contributed by atoms with van der Waals surface area (Å²) < 4.78 is 0. The Hall–Kier alpha value is -1.91. The van der Waals surface area contributed by atoms with Crippen LogP contribution in [0.2, 0.25) is 10.0 Å². The van der Waals surface area contributed by atoms with Crippen molar-refractivity contribution in [2.45, 2.75) is 6.04 Å². The summed E-state index contributed by atoms with van der Waals surface area (Å²) in [6.45, 7) is 0.302. The monoisotopic (exact) mass is 319 g/mol. The molecule has 0 fully saturated rings. The van der Waals surface area contributed by atoms with Crippen molar-refractivity contribution in [3.05, 3.63) is 64.1 Å². The summed E-state index contributed by atoms with van der Waals surface area (Å²) in [5.41, 5.74) is 1.21. The summed E-state index contributed by atoms with van der Waals surface area (Å²) in [5, 5.41) is 10.3. The Morgan fingerprint density at radius 1 is 1.10 bits per heavy atom.